The lowest BCUT2D eigenvalue weighted by atomic mass is 9.98. The quantitative estimate of drug-likeness (QED) is 0.196. The highest BCUT2D eigenvalue weighted by Crippen LogP contribution is 2.38. The highest BCUT2D eigenvalue weighted by molar-refractivity contribution is 5.97. The van der Waals surface area contributed by atoms with Crippen LogP contribution in [-0.4, -0.2) is 4.57 Å². The minimum atomic E-state index is 1.12. The Morgan fingerprint density at radius 3 is 1.73 bits per heavy atom. The van der Waals surface area contributed by atoms with Gasteiger partial charge in [-0.1, -0.05) is 109 Å². The Bertz CT molecular complexity index is 2190. The van der Waals surface area contributed by atoms with Crippen molar-refractivity contribution in [3.63, 3.8) is 0 Å². The fraction of sp³-hybridized carbons (Fsp3) is 0. The SMILES string of the molecule is c1ccc(N(c2ccc(-c3ccc4c(ccn4-c4ccccc4)c3)cc2)c2ccc(-c3cccc4ccccc34)cc2)cc1. The zero-order valence-corrected chi connectivity index (χ0v) is 24.2. The predicted molar refractivity (Wildman–Crippen MR) is 186 cm³/mol. The van der Waals surface area contributed by atoms with E-state index in [1.54, 1.807) is 0 Å². The van der Waals surface area contributed by atoms with Crippen molar-refractivity contribution >= 4 is 38.7 Å². The second-order valence-corrected chi connectivity index (χ2v) is 11.1. The van der Waals surface area contributed by atoms with Crippen molar-refractivity contribution in [1.82, 2.24) is 4.57 Å². The Hall–Kier alpha value is -5.86. The van der Waals surface area contributed by atoms with Crippen LogP contribution in [-0.2, 0) is 0 Å². The van der Waals surface area contributed by atoms with Crippen LogP contribution in [0.1, 0.15) is 0 Å². The number of nitrogens with zero attached hydrogens (tertiary/aromatic N) is 2. The standard InChI is InChI=1S/C42H30N2/c1-3-12-36(13-4-1)43-29-28-35-30-34(22-27-42(35)43)31-18-23-38(24-19-31)44(37-14-5-2-6-15-37)39-25-20-33(21-26-39)41-17-9-11-32-10-7-8-16-40(32)41/h1-30H. The summed E-state index contributed by atoms with van der Waals surface area (Å²) in [5, 5.41) is 3.76. The topological polar surface area (TPSA) is 8.17 Å². The molecule has 0 saturated heterocycles. The molecule has 0 bridgehead atoms. The second-order valence-electron chi connectivity index (χ2n) is 11.1. The molecule has 8 rings (SSSR count). The van der Waals surface area contributed by atoms with Crippen LogP contribution in [0.15, 0.2) is 182 Å². The van der Waals surface area contributed by atoms with Gasteiger partial charge in [0.05, 0.1) is 5.52 Å². The maximum absolute atomic E-state index is 2.32. The molecule has 1 heterocycles. The van der Waals surface area contributed by atoms with Gasteiger partial charge in [0.15, 0.2) is 0 Å². The fourth-order valence-corrected chi connectivity index (χ4v) is 6.23. The number of rotatable bonds is 6. The molecule has 0 N–H and O–H groups in total. The van der Waals surface area contributed by atoms with Crippen molar-refractivity contribution in [3.05, 3.63) is 182 Å². The number of fused-ring (bicyclic) bond motifs is 2. The molecule has 0 aliphatic heterocycles. The van der Waals surface area contributed by atoms with Crippen LogP contribution in [0.3, 0.4) is 0 Å². The molecule has 8 aromatic rings. The van der Waals surface area contributed by atoms with Crippen molar-refractivity contribution in [2.24, 2.45) is 0 Å². The summed E-state index contributed by atoms with van der Waals surface area (Å²) >= 11 is 0. The van der Waals surface area contributed by atoms with Gasteiger partial charge in [-0.3, -0.25) is 0 Å². The van der Waals surface area contributed by atoms with E-state index in [-0.39, 0.29) is 0 Å². The Balaban J connectivity index is 1.13. The van der Waals surface area contributed by atoms with Gasteiger partial charge in [-0.05, 0) is 99.8 Å². The van der Waals surface area contributed by atoms with Crippen LogP contribution in [0, 0.1) is 0 Å². The summed E-state index contributed by atoms with van der Waals surface area (Å²) in [5.74, 6) is 0. The number of para-hydroxylation sites is 2. The number of benzene rings is 7. The Morgan fingerprint density at radius 1 is 0.386 bits per heavy atom. The van der Waals surface area contributed by atoms with Gasteiger partial charge in [0.25, 0.3) is 0 Å². The van der Waals surface area contributed by atoms with Crippen molar-refractivity contribution in [1.29, 1.82) is 0 Å². The highest BCUT2D eigenvalue weighted by Gasteiger charge is 2.14. The van der Waals surface area contributed by atoms with Crippen LogP contribution in [0.5, 0.6) is 0 Å². The molecule has 44 heavy (non-hydrogen) atoms. The van der Waals surface area contributed by atoms with Gasteiger partial charge in [0, 0.05) is 34.3 Å². The molecule has 2 heteroatoms. The number of aromatic nitrogens is 1. The maximum atomic E-state index is 2.32. The van der Waals surface area contributed by atoms with E-state index in [1.807, 2.05) is 0 Å². The summed E-state index contributed by atoms with van der Waals surface area (Å²) in [6.07, 6.45) is 2.15. The third-order valence-electron chi connectivity index (χ3n) is 8.42. The van der Waals surface area contributed by atoms with Crippen LogP contribution < -0.4 is 4.90 Å². The predicted octanol–water partition coefficient (Wildman–Crippen LogP) is 11.6. The summed E-state index contributed by atoms with van der Waals surface area (Å²) in [6.45, 7) is 0. The van der Waals surface area contributed by atoms with E-state index < -0.39 is 0 Å². The second kappa shape index (κ2) is 11.1. The largest absolute Gasteiger partial charge is 0.317 e. The number of anilines is 3. The van der Waals surface area contributed by atoms with Gasteiger partial charge >= 0.3 is 0 Å². The molecule has 0 fully saturated rings. The lowest BCUT2D eigenvalue weighted by molar-refractivity contribution is 1.13. The van der Waals surface area contributed by atoms with E-state index in [0.717, 1.165) is 17.1 Å². The van der Waals surface area contributed by atoms with Gasteiger partial charge in [-0.15, -0.1) is 0 Å². The first-order valence-electron chi connectivity index (χ1n) is 15.0. The normalized spacial score (nSPS) is 11.2. The minimum absolute atomic E-state index is 1.12. The van der Waals surface area contributed by atoms with Gasteiger partial charge in [0.2, 0.25) is 0 Å². The van der Waals surface area contributed by atoms with E-state index in [0.29, 0.717) is 0 Å². The number of hydrogen-bond acceptors (Lipinski definition) is 1. The Kier molecular flexibility index (Phi) is 6.51. The van der Waals surface area contributed by atoms with Crippen LogP contribution in [0.2, 0.25) is 0 Å². The van der Waals surface area contributed by atoms with E-state index in [2.05, 4.69) is 192 Å². The van der Waals surface area contributed by atoms with Gasteiger partial charge in [0.1, 0.15) is 0 Å². The van der Waals surface area contributed by atoms with Crippen molar-refractivity contribution < 1.29 is 0 Å². The van der Waals surface area contributed by atoms with Crippen LogP contribution in [0.25, 0.3) is 49.6 Å². The Labute approximate surface area is 257 Å². The number of hydrogen-bond donors (Lipinski definition) is 0. The lowest BCUT2D eigenvalue weighted by Gasteiger charge is -2.26. The molecule has 0 saturated carbocycles. The fourth-order valence-electron chi connectivity index (χ4n) is 6.23. The zero-order chi connectivity index (χ0) is 29.3. The molecule has 0 amide bonds. The molecule has 0 radical (unpaired) electrons. The first-order chi connectivity index (χ1) is 21.8. The molecule has 7 aromatic carbocycles. The van der Waals surface area contributed by atoms with Crippen molar-refractivity contribution in [2.75, 3.05) is 4.90 Å². The highest BCUT2D eigenvalue weighted by atomic mass is 15.1. The van der Waals surface area contributed by atoms with Gasteiger partial charge in [-0.2, -0.15) is 0 Å². The molecule has 0 aliphatic carbocycles. The first kappa shape index (κ1) is 25.8. The molecule has 208 valence electrons. The third-order valence-corrected chi connectivity index (χ3v) is 8.42. The molecule has 2 nitrogen and oxygen atoms in total. The van der Waals surface area contributed by atoms with Crippen LogP contribution in [0.4, 0.5) is 17.1 Å². The minimum Gasteiger partial charge on any atom is -0.317 e. The zero-order valence-electron chi connectivity index (χ0n) is 24.2. The molecule has 0 spiro atoms. The van der Waals surface area contributed by atoms with E-state index in [1.165, 1.54) is 49.6 Å². The summed E-state index contributed by atoms with van der Waals surface area (Å²) < 4.78 is 2.24. The molecule has 0 unspecified atom stereocenters. The summed E-state index contributed by atoms with van der Waals surface area (Å²) in [4.78, 5) is 2.32. The molecule has 0 aliphatic rings. The lowest BCUT2D eigenvalue weighted by Crippen LogP contribution is -2.09. The first-order valence-corrected chi connectivity index (χ1v) is 15.0. The summed E-state index contributed by atoms with van der Waals surface area (Å²) in [5.41, 5.74) is 10.6. The monoisotopic (exact) mass is 562 g/mol. The average molecular weight is 563 g/mol. The van der Waals surface area contributed by atoms with E-state index in [4.69, 9.17) is 0 Å². The van der Waals surface area contributed by atoms with Crippen molar-refractivity contribution in [3.8, 4) is 27.9 Å². The molecule has 1 aromatic heterocycles. The smallest absolute Gasteiger partial charge is 0.0528 e. The summed E-state index contributed by atoms with van der Waals surface area (Å²) in [7, 11) is 0. The molecule has 0 atom stereocenters. The molecular weight excluding hydrogens is 532 g/mol. The van der Waals surface area contributed by atoms with Gasteiger partial charge in [-0.25, -0.2) is 0 Å². The maximum Gasteiger partial charge on any atom is 0.0528 e. The van der Waals surface area contributed by atoms with Gasteiger partial charge < -0.3 is 9.47 Å². The van der Waals surface area contributed by atoms with E-state index in [9.17, 15) is 0 Å². The van der Waals surface area contributed by atoms with E-state index >= 15 is 0 Å². The average Bonchev–Trinajstić information content (AvgIpc) is 3.53. The Morgan fingerprint density at radius 2 is 0.977 bits per heavy atom. The summed E-state index contributed by atoms with van der Waals surface area (Å²) in [6, 6.07) is 62.9. The van der Waals surface area contributed by atoms with Crippen LogP contribution >= 0.6 is 0 Å². The molecular formula is C42H30N2. The van der Waals surface area contributed by atoms with Crippen molar-refractivity contribution in [2.45, 2.75) is 0 Å². The third kappa shape index (κ3) is 4.73.